The van der Waals surface area contributed by atoms with Gasteiger partial charge in [0.15, 0.2) is 0 Å². The number of anilines is 1. The van der Waals surface area contributed by atoms with E-state index >= 15 is 0 Å². The van der Waals surface area contributed by atoms with E-state index in [4.69, 9.17) is 0 Å². The minimum atomic E-state index is -4.46. The number of allylic oxidation sites excluding steroid dienone is 1. The zero-order valence-electron chi connectivity index (χ0n) is 14.5. The summed E-state index contributed by atoms with van der Waals surface area (Å²) in [4.78, 5) is 12.2. The van der Waals surface area contributed by atoms with Gasteiger partial charge >= 0.3 is 6.18 Å². The van der Waals surface area contributed by atoms with E-state index in [-0.39, 0.29) is 10.7 Å². The number of benzene rings is 2. The van der Waals surface area contributed by atoms with Crippen LogP contribution in [-0.2, 0) is 11.0 Å². The molecule has 0 radical (unpaired) electrons. The van der Waals surface area contributed by atoms with Gasteiger partial charge in [-0.1, -0.05) is 42.1 Å². The van der Waals surface area contributed by atoms with Crippen molar-refractivity contribution in [2.75, 3.05) is 4.90 Å². The van der Waals surface area contributed by atoms with Crippen molar-refractivity contribution in [1.29, 1.82) is 0 Å². The van der Waals surface area contributed by atoms with Gasteiger partial charge in [-0.2, -0.15) is 13.2 Å². The number of carbonyl (C=O) groups is 1. The lowest BCUT2D eigenvalue weighted by atomic mass is 10.0. The number of amides is 1. The Bertz CT molecular complexity index is 896. The fraction of sp³-hybridized carbons (Fsp3) is 0.211. The van der Waals surface area contributed by atoms with Crippen molar-refractivity contribution in [3.63, 3.8) is 0 Å². The molecule has 28 heavy (non-hydrogen) atoms. The number of alkyl halides is 5. The molecule has 3 nitrogen and oxygen atoms in total. The molecule has 1 N–H and O–H groups in total. The summed E-state index contributed by atoms with van der Waals surface area (Å²) in [5.74, 6) is 0. The summed E-state index contributed by atoms with van der Waals surface area (Å²) in [5.41, 5.74) is 0.258. The monoisotopic (exact) mass is 414 g/mol. The molecule has 148 valence electrons. The van der Waals surface area contributed by atoms with Gasteiger partial charge in [-0.05, 0) is 30.7 Å². The Balaban J connectivity index is 2.08. The van der Waals surface area contributed by atoms with Crippen LogP contribution in [0.25, 0.3) is 11.1 Å². The van der Waals surface area contributed by atoms with Gasteiger partial charge in [-0.15, -0.1) is 0 Å². The van der Waals surface area contributed by atoms with Crippen LogP contribution in [0.2, 0.25) is 0 Å². The third-order valence-corrected chi connectivity index (χ3v) is 5.34. The van der Waals surface area contributed by atoms with Crippen LogP contribution < -0.4 is 10.2 Å². The summed E-state index contributed by atoms with van der Waals surface area (Å²) in [6.07, 6.45) is -6.97. The molecule has 2 aromatic carbocycles. The zero-order valence-corrected chi connectivity index (χ0v) is 15.3. The SMILES string of the molecule is CC1SC(NC=O)=C(C(F)F)N1c1ccccc1-c1ccc(C(F)(F)F)cc1. The quantitative estimate of drug-likeness (QED) is 0.522. The molecular weight excluding hydrogens is 399 g/mol. The van der Waals surface area contributed by atoms with Crippen molar-refractivity contribution in [3.05, 3.63) is 64.8 Å². The minimum absolute atomic E-state index is 0.0553. The number of nitrogens with zero attached hydrogens (tertiary/aromatic N) is 1. The Kier molecular flexibility index (Phi) is 5.64. The van der Waals surface area contributed by atoms with Crippen LogP contribution >= 0.6 is 11.8 Å². The van der Waals surface area contributed by atoms with Gasteiger partial charge in [0.05, 0.1) is 16.6 Å². The van der Waals surface area contributed by atoms with E-state index in [9.17, 15) is 26.7 Å². The number of hydrogen-bond donors (Lipinski definition) is 1. The maximum absolute atomic E-state index is 13.7. The molecule has 2 aromatic rings. The van der Waals surface area contributed by atoms with Crippen molar-refractivity contribution in [2.24, 2.45) is 0 Å². The third kappa shape index (κ3) is 3.84. The van der Waals surface area contributed by atoms with Crippen LogP contribution in [-0.4, -0.2) is 18.2 Å². The second kappa shape index (κ2) is 7.83. The standard InChI is InChI=1S/C19H15F5N2OS/c1-11-26(16(17(20)21)18(28-11)25-10-27)15-5-3-2-4-14(15)12-6-8-13(9-7-12)19(22,23)24/h2-11,17H,1H3,(H,25,27). The average Bonchev–Trinajstić information content (AvgIpc) is 2.97. The second-order valence-corrected chi connectivity index (χ2v) is 7.28. The van der Waals surface area contributed by atoms with Crippen molar-refractivity contribution < 1.29 is 26.7 Å². The Morgan fingerprint density at radius 2 is 1.75 bits per heavy atom. The first-order chi connectivity index (χ1) is 13.2. The zero-order chi connectivity index (χ0) is 20.5. The maximum atomic E-state index is 13.7. The van der Waals surface area contributed by atoms with E-state index < -0.39 is 23.5 Å². The Labute approximate surface area is 162 Å². The molecule has 9 heteroatoms. The van der Waals surface area contributed by atoms with Crippen molar-refractivity contribution in [3.8, 4) is 11.1 Å². The summed E-state index contributed by atoms with van der Waals surface area (Å²) in [6.45, 7) is 1.70. The lowest BCUT2D eigenvalue weighted by Crippen LogP contribution is -2.30. The van der Waals surface area contributed by atoms with E-state index in [1.807, 2.05) is 0 Å². The van der Waals surface area contributed by atoms with Crippen LogP contribution in [0.4, 0.5) is 27.6 Å². The summed E-state index contributed by atoms with van der Waals surface area (Å²) >= 11 is 1.07. The predicted molar refractivity (Wildman–Crippen MR) is 98.6 cm³/mol. The number of hydrogen-bond acceptors (Lipinski definition) is 3. The molecule has 0 aliphatic carbocycles. The number of nitrogens with one attached hydrogen (secondary N) is 1. The highest BCUT2D eigenvalue weighted by Crippen LogP contribution is 2.45. The second-order valence-electron chi connectivity index (χ2n) is 5.96. The molecule has 0 fully saturated rings. The molecule has 3 rings (SSSR count). The summed E-state index contributed by atoms with van der Waals surface area (Å²) in [7, 11) is 0. The molecule has 1 unspecified atom stereocenters. The molecule has 0 bridgehead atoms. The molecule has 1 atom stereocenters. The molecule has 1 aliphatic rings. The molecule has 1 aliphatic heterocycles. The minimum Gasteiger partial charge on any atom is -0.325 e. The van der Waals surface area contributed by atoms with Gasteiger partial charge in [-0.3, -0.25) is 4.79 Å². The highest BCUT2D eigenvalue weighted by Gasteiger charge is 2.37. The number of carbonyl (C=O) groups excluding carboxylic acids is 1. The van der Waals surface area contributed by atoms with E-state index in [0.29, 0.717) is 23.2 Å². The topological polar surface area (TPSA) is 32.3 Å². The number of halogens is 5. The van der Waals surface area contributed by atoms with Crippen molar-refractivity contribution in [1.82, 2.24) is 5.32 Å². The molecule has 0 saturated carbocycles. The fourth-order valence-electron chi connectivity index (χ4n) is 3.05. The Hall–Kier alpha value is -2.55. The van der Waals surface area contributed by atoms with E-state index in [1.165, 1.54) is 17.0 Å². The van der Waals surface area contributed by atoms with Gasteiger partial charge in [0.25, 0.3) is 6.43 Å². The van der Waals surface area contributed by atoms with Crippen LogP contribution in [0.5, 0.6) is 0 Å². The molecule has 1 heterocycles. The summed E-state index contributed by atoms with van der Waals surface area (Å²) < 4.78 is 65.9. The summed E-state index contributed by atoms with van der Waals surface area (Å²) in [5, 5.41) is 1.92. The number of para-hydroxylation sites is 1. The summed E-state index contributed by atoms with van der Waals surface area (Å²) in [6, 6.07) is 11.2. The lowest BCUT2D eigenvalue weighted by Gasteiger charge is -2.28. The van der Waals surface area contributed by atoms with E-state index in [0.717, 1.165) is 23.9 Å². The van der Waals surface area contributed by atoms with Crippen LogP contribution in [0.1, 0.15) is 12.5 Å². The molecule has 0 spiro atoms. The normalized spacial score (nSPS) is 17.4. The van der Waals surface area contributed by atoms with Gasteiger partial charge in [-0.25, -0.2) is 8.78 Å². The largest absolute Gasteiger partial charge is 0.416 e. The fourth-order valence-corrected chi connectivity index (χ4v) is 4.14. The van der Waals surface area contributed by atoms with Gasteiger partial charge in [0, 0.05) is 5.56 Å². The first-order valence-electron chi connectivity index (χ1n) is 8.19. The highest BCUT2D eigenvalue weighted by molar-refractivity contribution is 8.04. The van der Waals surface area contributed by atoms with Crippen molar-refractivity contribution in [2.45, 2.75) is 24.9 Å². The average molecular weight is 414 g/mol. The van der Waals surface area contributed by atoms with E-state index in [2.05, 4.69) is 5.32 Å². The Morgan fingerprint density at radius 1 is 1.11 bits per heavy atom. The first kappa shape index (κ1) is 20.2. The lowest BCUT2D eigenvalue weighted by molar-refractivity contribution is -0.137. The number of rotatable bonds is 5. The molecule has 0 saturated heterocycles. The maximum Gasteiger partial charge on any atom is 0.416 e. The van der Waals surface area contributed by atoms with Gasteiger partial charge in [0.2, 0.25) is 6.41 Å². The predicted octanol–water partition coefficient (Wildman–Crippen LogP) is 5.45. The Morgan fingerprint density at radius 3 is 2.32 bits per heavy atom. The highest BCUT2D eigenvalue weighted by atomic mass is 32.2. The van der Waals surface area contributed by atoms with Gasteiger partial charge < -0.3 is 10.2 Å². The molecule has 1 amide bonds. The molecule has 0 aromatic heterocycles. The smallest absolute Gasteiger partial charge is 0.325 e. The first-order valence-corrected chi connectivity index (χ1v) is 9.07. The molecular formula is C19H15F5N2OS. The number of thioether (sulfide) groups is 1. The van der Waals surface area contributed by atoms with E-state index in [1.54, 1.807) is 31.2 Å². The van der Waals surface area contributed by atoms with Crippen LogP contribution in [0, 0.1) is 0 Å². The van der Waals surface area contributed by atoms with Crippen molar-refractivity contribution >= 4 is 23.9 Å². The van der Waals surface area contributed by atoms with Crippen LogP contribution in [0.3, 0.4) is 0 Å². The van der Waals surface area contributed by atoms with Gasteiger partial charge in [0.1, 0.15) is 10.7 Å². The third-order valence-electron chi connectivity index (χ3n) is 4.23. The van der Waals surface area contributed by atoms with Crippen LogP contribution in [0.15, 0.2) is 59.3 Å².